The van der Waals surface area contributed by atoms with E-state index in [2.05, 4.69) is 10.3 Å². The van der Waals surface area contributed by atoms with Crippen LogP contribution in [0.5, 0.6) is 0 Å². The number of nitrogens with one attached hydrogen (secondary N) is 1. The molecule has 0 saturated heterocycles. The molecule has 21 heavy (non-hydrogen) atoms. The van der Waals surface area contributed by atoms with Gasteiger partial charge in [0, 0.05) is 11.9 Å². The van der Waals surface area contributed by atoms with Crippen molar-refractivity contribution >= 4 is 17.7 Å². The van der Waals surface area contributed by atoms with E-state index in [4.69, 9.17) is 0 Å². The van der Waals surface area contributed by atoms with E-state index in [1.807, 2.05) is 6.92 Å². The molecule has 1 atom stereocenters. The van der Waals surface area contributed by atoms with Gasteiger partial charge in [-0.05, 0) is 32.0 Å². The van der Waals surface area contributed by atoms with Gasteiger partial charge in [-0.2, -0.15) is 13.2 Å². The number of alkyl halides is 3. The summed E-state index contributed by atoms with van der Waals surface area (Å²) in [6, 6.07) is 2.18. The number of carbonyl (C=O) groups is 1. The maximum atomic E-state index is 12.4. The highest BCUT2D eigenvalue weighted by atomic mass is 32.2. The summed E-state index contributed by atoms with van der Waals surface area (Å²) in [6.45, 7) is 4.01. The van der Waals surface area contributed by atoms with Crippen LogP contribution in [0.4, 0.5) is 13.2 Å². The van der Waals surface area contributed by atoms with Crippen LogP contribution in [-0.2, 0) is 11.0 Å². The van der Waals surface area contributed by atoms with Crippen molar-refractivity contribution < 1.29 is 23.1 Å². The molecule has 4 nitrogen and oxygen atoms in total. The Bertz CT molecular complexity index is 479. The van der Waals surface area contributed by atoms with E-state index in [1.165, 1.54) is 6.07 Å². The molecule has 2 N–H and O–H groups in total. The average Bonchev–Trinajstić information content (AvgIpc) is 2.42. The van der Waals surface area contributed by atoms with Gasteiger partial charge in [0.1, 0.15) is 5.54 Å². The van der Waals surface area contributed by atoms with Crippen LogP contribution in [0.1, 0.15) is 25.8 Å². The Hall–Kier alpha value is -1.28. The number of aromatic nitrogens is 1. The van der Waals surface area contributed by atoms with E-state index in [0.29, 0.717) is 11.6 Å². The van der Waals surface area contributed by atoms with Crippen LogP contribution in [0.2, 0.25) is 0 Å². The minimum Gasteiger partial charge on any atom is -0.480 e. The molecule has 0 aromatic carbocycles. The lowest BCUT2D eigenvalue weighted by Crippen LogP contribution is -2.51. The number of hydrogen-bond acceptors (Lipinski definition) is 4. The molecule has 1 aromatic rings. The van der Waals surface area contributed by atoms with Crippen molar-refractivity contribution in [3.63, 3.8) is 0 Å². The number of carboxylic acids is 1. The van der Waals surface area contributed by atoms with Gasteiger partial charge in [-0.1, -0.05) is 6.92 Å². The Morgan fingerprint density at radius 3 is 2.52 bits per heavy atom. The fourth-order valence-electron chi connectivity index (χ4n) is 1.44. The Labute approximate surface area is 125 Å². The molecule has 1 unspecified atom stereocenters. The molecule has 0 saturated carbocycles. The highest BCUT2D eigenvalue weighted by molar-refractivity contribution is 7.99. The van der Waals surface area contributed by atoms with Gasteiger partial charge in [0.15, 0.2) is 0 Å². The quantitative estimate of drug-likeness (QED) is 0.756. The second kappa shape index (κ2) is 7.13. The number of nitrogens with zero attached hydrogens (tertiary/aromatic N) is 1. The smallest absolute Gasteiger partial charge is 0.417 e. The summed E-state index contributed by atoms with van der Waals surface area (Å²) < 4.78 is 37.2. The summed E-state index contributed by atoms with van der Waals surface area (Å²) in [7, 11) is 0. The fraction of sp³-hybridized carbons (Fsp3) is 0.538. The molecule has 1 rings (SSSR count). The molecule has 0 aliphatic rings. The lowest BCUT2D eigenvalue weighted by molar-refractivity contribution is -0.143. The van der Waals surface area contributed by atoms with E-state index in [-0.39, 0.29) is 5.75 Å². The lowest BCUT2D eigenvalue weighted by Gasteiger charge is -2.25. The third-order valence-electron chi connectivity index (χ3n) is 2.81. The van der Waals surface area contributed by atoms with Gasteiger partial charge < -0.3 is 10.4 Å². The zero-order valence-electron chi connectivity index (χ0n) is 11.7. The third kappa shape index (κ3) is 5.20. The molecule has 1 aromatic heterocycles. The van der Waals surface area contributed by atoms with E-state index in [0.717, 1.165) is 30.4 Å². The summed E-state index contributed by atoms with van der Waals surface area (Å²) in [5.74, 6) is -0.837. The summed E-state index contributed by atoms with van der Waals surface area (Å²) >= 11 is 1.10. The molecule has 0 aliphatic heterocycles. The Morgan fingerprint density at radius 1 is 1.43 bits per heavy atom. The molecular formula is C13H17F3N2O2S. The highest BCUT2D eigenvalue weighted by Crippen LogP contribution is 2.30. The zero-order valence-corrected chi connectivity index (χ0v) is 12.5. The molecule has 1 heterocycles. The van der Waals surface area contributed by atoms with E-state index in [1.54, 1.807) is 6.92 Å². The molecule has 8 heteroatoms. The van der Waals surface area contributed by atoms with Gasteiger partial charge in [-0.3, -0.25) is 4.79 Å². The molecule has 0 fully saturated rings. The molecule has 0 spiro atoms. The third-order valence-corrected chi connectivity index (χ3v) is 4.07. The summed E-state index contributed by atoms with van der Waals surface area (Å²) in [4.78, 5) is 15.0. The predicted octanol–water partition coefficient (Wildman–Crippen LogP) is 3.04. The second-order valence-corrected chi connectivity index (χ2v) is 5.73. The minimum atomic E-state index is -4.42. The van der Waals surface area contributed by atoms with E-state index < -0.39 is 23.2 Å². The first-order valence-electron chi connectivity index (χ1n) is 6.33. The van der Waals surface area contributed by atoms with Crippen molar-refractivity contribution in [2.75, 3.05) is 12.3 Å². The van der Waals surface area contributed by atoms with Crippen LogP contribution in [0.15, 0.2) is 23.4 Å². The summed E-state index contributed by atoms with van der Waals surface area (Å²) in [5.41, 5.74) is -1.97. The van der Waals surface area contributed by atoms with Gasteiger partial charge in [0.2, 0.25) is 0 Å². The minimum absolute atomic E-state index is 0.167. The second-order valence-electron chi connectivity index (χ2n) is 4.74. The van der Waals surface area contributed by atoms with Crippen LogP contribution >= 0.6 is 11.8 Å². The molecule has 118 valence electrons. The van der Waals surface area contributed by atoms with Crippen LogP contribution < -0.4 is 5.32 Å². The van der Waals surface area contributed by atoms with Gasteiger partial charge in [0.05, 0.1) is 10.6 Å². The van der Waals surface area contributed by atoms with E-state index >= 15 is 0 Å². The van der Waals surface area contributed by atoms with Crippen molar-refractivity contribution in [1.82, 2.24) is 10.3 Å². The molecule has 0 bridgehead atoms. The number of carboxylic acid groups (broad SMARTS) is 1. The molecule has 0 aliphatic carbocycles. The SMILES string of the molecule is CCCNC(C)(CSc1ccc(C(F)(F)F)cn1)C(=O)O. The van der Waals surface area contributed by atoms with E-state index in [9.17, 15) is 23.1 Å². The van der Waals surface area contributed by atoms with Crippen molar-refractivity contribution in [2.24, 2.45) is 0 Å². The van der Waals surface area contributed by atoms with Gasteiger partial charge in [0.25, 0.3) is 0 Å². The fourth-order valence-corrected chi connectivity index (χ4v) is 2.39. The van der Waals surface area contributed by atoms with Gasteiger partial charge in [-0.15, -0.1) is 11.8 Å². The summed E-state index contributed by atoms with van der Waals surface area (Å²) in [5, 5.41) is 12.5. The van der Waals surface area contributed by atoms with Gasteiger partial charge in [-0.25, -0.2) is 4.98 Å². The molecular weight excluding hydrogens is 305 g/mol. The number of thioether (sulfide) groups is 1. The monoisotopic (exact) mass is 322 g/mol. The lowest BCUT2D eigenvalue weighted by atomic mass is 10.1. The number of hydrogen-bond donors (Lipinski definition) is 2. The van der Waals surface area contributed by atoms with Crippen molar-refractivity contribution in [3.05, 3.63) is 23.9 Å². The van der Waals surface area contributed by atoms with Crippen molar-refractivity contribution in [1.29, 1.82) is 0 Å². The van der Waals surface area contributed by atoms with Crippen LogP contribution in [0.25, 0.3) is 0 Å². The number of halogens is 3. The predicted molar refractivity (Wildman–Crippen MR) is 74.3 cm³/mol. The largest absolute Gasteiger partial charge is 0.480 e. The first-order chi connectivity index (χ1) is 9.69. The maximum Gasteiger partial charge on any atom is 0.417 e. The normalized spacial score (nSPS) is 14.7. The Morgan fingerprint density at radius 2 is 2.10 bits per heavy atom. The Kier molecular flexibility index (Phi) is 6.03. The summed E-state index contributed by atoms with van der Waals surface area (Å²) in [6.07, 6.45) is -2.89. The van der Waals surface area contributed by atoms with Gasteiger partial charge >= 0.3 is 12.1 Å². The standard InChI is InChI=1S/C13H17F3N2O2S/c1-3-6-18-12(2,11(19)20)8-21-10-5-4-9(7-17-10)13(14,15)16/h4-5,7,18H,3,6,8H2,1-2H3,(H,19,20). The van der Waals surface area contributed by atoms with Crippen molar-refractivity contribution in [3.8, 4) is 0 Å². The molecule has 0 amide bonds. The topological polar surface area (TPSA) is 62.2 Å². The number of pyridine rings is 1. The van der Waals surface area contributed by atoms with Crippen molar-refractivity contribution in [2.45, 2.75) is 37.0 Å². The highest BCUT2D eigenvalue weighted by Gasteiger charge is 2.33. The number of rotatable bonds is 7. The first-order valence-corrected chi connectivity index (χ1v) is 7.32. The number of aliphatic carboxylic acids is 1. The maximum absolute atomic E-state index is 12.4. The van der Waals surface area contributed by atoms with Crippen LogP contribution in [0.3, 0.4) is 0 Å². The van der Waals surface area contributed by atoms with Crippen LogP contribution in [0, 0.1) is 0 Å². The Balaban J connectivity index is 2.70. The average molecular weight is 322 g/mol. The molecule has 0 radical (unpaired) electrons. The first kappa shape index (κ1) is 17.8. The zero-order chi connectivity index (χ0) is 16.1. The van der Waals surface area contributed by atoms with Crippen LogP contribution in [-0.4, -0.2) is 33.9 Å².